The molecule has 4 rings (SSSR count). The summed E-state index contributed by atoms with van der Waals surface area (Å²) >= 11 is 1.50. The van der Waals surface area contributed by atoms with E-state index < -0.39 is 0 Å². The van der Waals surface area contributed by atoms with Gasteiger partial charge in [0.2, 0.25) is 11.8 Å². The molecule has 0 unspecified atom stereocenters. The van der Waals surface area contributed by atoms with Crippen LogP contribution in [0.25, 0.3) is 10.6 Å². The van der Waals surface area contributed by atoms with Crippen LogP contribution in [0.15, 0.2) is 67.0 Å². The van der Waals surface area contributed by atoms with Gasteiger partial charge >= 0.3 is 0 Å². The Morgan fingerprint density at radius 1 is 0.971 bits per heavy atom. The van der Waals surface area contributed by atoms with Crippen molar-refractivity contribution in [3.05, 3.63) is 83.1 Å². The highest BCUT2D eigenvalue weighted by atomic mass is 32.1. The number of nitrogens with zero attached hydrogens (tertiary/aromatic N) is 3. The first-order valence-electron chi connectivity index (χ1n) is 11.1. The zero-order valence-corrected chi connectivity index (χ0v) is 20.5. The molecule has 3 aromatic heterocycles. The van der Waals surface area contributed by atoms with Crippen LogP contribution in [0, 0.1) is 6.92 Å². The number of anilines is 3. The summed E-state index contributed by atoms with van der Waals surface area (Å²) in [7, 11) is 0. The van der Waals surface area contributed by atoms with Crippen molar-refractivity contribution >= 4 is 40.5 Å². The number of thiazole rings is 1. The maximum atomic E-state index is 11.9. The van der Waals surface area contributed by atoms with Crippen LogP contribution in [0.4, 0.5) is 17.3 Å². The highest BCUT2D eigenvalue weighted by Gasteiger charge is 2.19. The van der Waals surface area contributed by atoms with E-state index in [4.69, 9.17) is 4.98 Å². The Morgan fingerprint density at radius 2 is 1.77 bits per heavy atom. The second-order valence-electron chi connectivity index (χ2n) is 8.15. The van der Waals surface area contributed by atoms with Gasteiger partial charge in [-0.15, -0.1) is 11.3 Å². The summed E-state index contributed by atoms with van der Waals surface area (Å²) < 4.78 is 0. The van der Waals surface area contributed by atoms with E-state index >= 15 is 0 Å². The predicted molar refractivity (Wildman–Crippen MR) is 139 cm³/mol. The van der Waals surface area contributed by atoms with Gasteiger partial charge in [0.25, 0.3) is 0 Å². The van der Waals surface area contributed by atoms with Crippen LogP contribution in [0.3, 0.4) is 0 Å². The van der Waals surface area contributed by atoms with Gasteiger partial charge in [0.05, 0.1) is 16.6 Å². The lowest BCUT2D eigenvalue weighted by Crippen LogP contribution is -2.27. The van der Waals surface area contributed by atoms with Crippen molar-refractivity contribution in [2.24, 2.45) is 0 Å². The Hall–Kier alpha value is -4.11. The van der Waals surface area contributed by atoms with Crippen molar-refractivity contribution in [3.63, 3.8) is 0 Å². The average molecular weight is 487 g/mol. The predicted octanol–water partition coefficient (Wildman–Crippen LogP) is 5.03. The minimum atomic E-state index is -0.282. The zero-order chi connectivity index (χ0) is 24.8. The molecule has 0 radical (unpaired) electrons. The third-order valence-corrected chi connectivity index (χ3v) is 6.22. The van der Waals surface area contributed by atoms with Gasteiger partial charge < -0.3 is 16.0 Å². The molecule has 1 aromatic carbocycles. The van der Waals surface area contributed by atoms with E-state index in [0.717, 1.165) is 38.2 Å². The molecule has 0 spiro atoms. The first kappa shape index (κ1) is 24.0. The second kappa shape index (κ2) is 10.9. The molecule has 0 aliphatic heterocycles. The Balaban J connectivity index is 1.52. The van der Waals surface area contributed by atoms with E-state index in [1.165, 1.54) is 25.2 Å². The van der Waals surface area contributed by atoms with Gasteiger partial charge in [-0.05, 0) is 60.9 Å². The molecule has 178 valence electrons. The lowest BCUT2D eigenvalue weighted by atomic mass is 10.1. The number of carbonyl (C=O) groups excluding carboxylic acids is 2. The molecular formula is C26H26N6O2S. The van der Waals surface area contributed by atoms with E-state index in [2.05, 4.69) is 25.9 Å². The zero-order valence-electron chi connectivity index (χ0n) is 19.7. The third kappa shape index (κ3) is 6.70. The summed E-state index contributed by atoms with van der Waals surface area (Å²) in [5, 5.41) is 9.79. The van der Waals surface area contributed by atoms with Crippen LogP contribution < -0.4 is 16.0 Å². The molecule has 0 bridgehead atoms. The van der Waals surface area contributed by atoms with E-state index in [9.17, 15) is 9.59 Å². The summed E-state index contributed by atoms with van der Waals surface area (Å²) in [6.07, 6.45) is 4.11. The molecule has 0 fully saturated rings. The lowest BCUT2D eigenvalue weighted by molar-refractivity contribution is -0.119. The van der Waals surface area contributed by atoms with Crippen molar-refractivity contribution in [2.75, 3.05) is 10.6 Å². The van der Waals surface area contributed by atoms with Gasteiger partial charge in [0, 0.05) is 31.9 Å². The number of carbonyl (C=O) groups is 2. The van der Waals surface area contributed by atoms with Gasteiger partial charge in [-0.1, -0.05) is 18.2 Å². The highest BCUT2D eigenvalue weighted by molar-refractivity contribution is 7.15. The topological polar surface area (TPSA) is 109 Å². The Morgan fingerprint density at radius 3 is 2.49 bits per heavy atom. The second-order valence-corrected chi connectivity index (χ2v) is 9.21. The molecular weight excluding hydrogens is 460 g/mol. The molecule has 0 aliphatic carbocycles. The monoisotopic (exact) mass is 486 g/mol. The number of aryl methyl sites for hydroxylation is 1. The quantitative estimate of drug-likeness (QED) is 0.322. The maximum absolute atomic E-state index is 11.9. The van der Waals surface area contributed by atoms with Crippen molar-refractivity contribution in [2.45, 2.75) is 33.2 Å². The number of rotatable bonds is 8. The van der Waals surface area contributed by atoms with E-state index in [-0.39, 0.29) is 17.9 Å². The lowest BCUT2D eigenvalue weighted by Gasteiger charge is -2.16. The largest absolute Gasteiger partial charge is 0.347 e. The third-order valence-electron chi connectivity index (χ3n) is 5.09. The van der Waals surface area contributed by atoms with E-state index in [0.29, 0.717) is 12.2 Å². The number of amides is 2. The normalized spacial score (nSPS) is 11.5. The van der Waals surface area contributed by atoms with Crippen LogP contribution in [0.1, 0.15) is 36.0 Å². The summed E-state index contributed by atoms with van der Waals surface area (Å²) in [6, 6.07) is 16.9. The molecule has 0 saturated heterocycles. The summed E-state index contributed by atoms with van der Waals surface area (Å²) in [6.45, 7) is 4.98. The van der Waals surface area contributed by atoms with Gasteiger partial charge in [0.15, 0.2) is 0 Å². The summed E-state index contributed by atoms with van der Waals surface area (Å²) in [5.41, 5.74) is 3.64. The number of benzene rings is 1. The molecule has 4 aromatic rings. The fraction of sp³-hybridized carbons (Fsp3) is 0.192. The summed E-state index contributed by atoms with van der Waals surface area (Å²) in [4.78, 5) is 37.7. The van der Waals surface area contributed by atoms with E-state index in [1.54, 1.807) is 12.4 Å². The molecule has 0 saturated carbocycles. The number of pyridine rings is 2. The molecule has 8 nitrogen and oxygen atoms in total. The van der Waals surface area contributed by atoms with Crippen LogP contribution in [0.5, 0.6) is 0 Å². The van der Waals surface area contributed by atoms with Crippen molar-refractivity contribution in [3.8, 4) is 10.6 Å². The SMILES string of the molecule is CC(=O)Nc1ccc(C[C@H](NC(C)=O)c2ncc(-c3cccc(Nc4cc(C)ccn4)n3)s2)cc1. The molecule has 0 aliphatic rings. The van der Waals surface area contributed by atoms with Gasteiger partial charge in [0.1, 0.15) is 16.6 Å². The molecule has 35 heavy (non-hydrogen) atoms. The number of hydrogen-bond acceptors (Lipinski definition) is 7. The Bertz CT molecular complexity index is 1340. The van der Waals surface area contributed by atoms with Crippen LogP contribution in [-0.4, -0.2) is 26.8 Å². The van der Waals surface area contributed by atoms with Crippen LogP contribution in [0.2, 0.25) is 0 Å². The number of aromatic nitrogens is 3. The van der Waals surface area contributed by atoms with E-state index in [1.807, 2.05) is 61.5 Å². The summed E-state index contributed by atoms with van der Waals surface area (Å²) in [5.74, 6) is 1.17. The van der Waals surface area contributed by atoms with Gasteiger partial charge in [-0.3, -0.25) is 9.59 Å². The molecule has 3 N–H and O–H groups in total. The van der Waals surface area contributed by atoms with Gasteiger partial charge in [-0.2, -0.15) is 0 Å². The van der Waals surface area contributed by atoms with Crippen LogP contribution in [-0.2, 0) is 16.0 Å². The standard InChI is InChI=1S/C26H26N6O2S/c1-16-11-12-27-25(13-16)32-24-6-4-5-21(31-24)23-15-28-26(35-23)22(30-18(3)34)14-19-7-9-20(10-8-19)29-17(2)33/h4-13,15,22H,14H2,1-3H3,(H,29,33)(H,30,34)(H,27,31,32)/t22-/m0/s1. The maximum Gasteiger partial charge on any atom is 0.221 e. The number of nitrogens with one attached hydrogen (secondary N) is 3. The van der Waals surface area contributed by atoms with Crippen molar-refractivity contribution in [1.29, 1.82) is 0 Å². The average Bonchev–Trinajstić information content (AvgIpc) is 3.30. The number of hydrogen-bond donors (Lipinski definition) is 3. The molecule has 1 atom stereocenters. The smallest absolute Gasteiger partial charge is 0.221 e. The fourth-order valence-electron chi connectivity index (χ4n) is 3.55. The molecule has 3 heterocycles. The highest BCUT2D eigenvalue weighted by Crippen LogP contribution is 2.31. The fourth-order valence-corrected chi connectivity index (χ4v) is 4.49. The minimum absolute atomic E-state index is 0.118. The first-order valence-corrected chi connectivity index (χ1v) is 11.9. The first-order chi connectivity index (χ1) is 16.9. The van der Waals surface area contributed by atoms with Gasteiger partial charge in [-0.25, -0.2) is 15.0 Å². The van der Waals surface area contributed by atoms with Crippen LogP contribution >= 0.6 is 11.3 Å². The molecule has 9 heteroatoms. The van der Waals surface area contributed by atoms with Crippen molar-refractivity contribution in [1.82, 2.24) is 20.3 Å². The Kier molecular flexibility index (Phi) is 7.47. The van der Waals surface area contributed by atoms with Crippen molar-refractivity contribution < 1.29 is 9.59 Å². The molecule has 2 amide bonds. The minimum Gasteiger partial charge on any atom is -0.347 e. The Labute approximate surface area is 207 Å².